The average molecular weight is 303 g/mol. The second kappa shape index (κ2) is 5.28. The highest BCUT2D eigenvalue weighted by Gasteiger charge is 2.20. The molecule has 3 nitrogen and oxygen atoms in total. The van der Waals surface area contributed by atoms with Crippen molar-refractivity contribution >= 4 is 40.5 Å². The Morgan fingerprint density at radius 1 is 1.22 bits per heavy atom. The van der Waals surface area contributed by atoms with Crippen LogP contribution in [0, 0.1) is 0 Å². The maximum absolute atomic E-state index is 11.0. The first-order valence-electron chi connectivity index (χ1n) is 4.94. The number of thiophene rings is 1. The average Bonchev–Trinajstić information content (AvgIpc) is 2.75. The number of benzene rings is 1. The molecule has 1 atom stereocenters. The number of hydrogen-bond acceptors (Lipinski definition) is 3. The minimum Gasteiger partial charge on any atom is -0.478 e. The zero-order chi connectivity index (χ0) is 13.3. The van der Waals surface area contributed by atoms with Gasteiger partial charge in [-0.05, 0) is 35.2 Å². The normalized spacial score (nSPS) is 12.4. The van der Waals surface area contributed by atoms with Crippen LogP contribution in [0.25, 0.3) is 0 Å². The topological polar surface area (TPSA) is 57.5 Å². The van der Waals surface area contributed by atoms with Gasteiger partial charge in [0.15, 0.2) is 0 Å². The molecular weight excluding hydrogens is 295 g/mol. The Hall–Kier alpha value is -1.07. The van der Waals surface area contributed by atoms with E-state index in [1.165, 1.54) is 17.4 Å². The molecule has 1 aromatic heterocycles. The molecular formula is C12H8Cl2O3S. The van der Waals surface area contributed by atoms with Crippen LogP contribution in [0.15, 0.2) is 29.6 Å². The van der Waals surface area contributed by atoms with Gasteiger partial charge in [-0.3, -0.25) is 0 Å². The highest BCUT2D eigenvalue weighted by molar-refractivity contribution is 7.10. The molecule has 18 heavy (non-hydrogen) atoms. The summed E-state index contributed by atoms with van der Waals surface area (Å²) >= 11 is 12.9. The molecule has 0 saturated carbocycles. The van der Waals surface area contributed by atoms with E-state index in [-0.39, 0.29) is 5.56 Å². The first-order valence-corrected chi connectivity index (χ1v) is 6.57. The van der Waals surface area contributed by atoms with Crippen LogP contribution in [-0.4, -0.2) is 16.2 Å². The van der Waals surface area contributed by atoms with Crippen molar-refractivity contribution in [1.29, 1.82) is 0 Å². The molecule has 0 spiro atoms. The van der Waals surface area contributed by atoms with Crippen molar-refractivity contribution in [2.45, 2.75) is 6.10 Å². The Labute approximate surface area is 117 Å². The summed E-state index contributed by atoms with van der Waals surface area (Å²) in [6.45, 7) is 0. The van der Waals surface area contributed by atoms with Crippen molar-refractivity contribution in [3.05, 3.63) is 55.7 Å². The SMILES string of the molecule is O=C(O)c1ccsc1C(O)c1cc(Cl)cc(Cl)c1. The fourth-order valence-corrected chi connectivity index (χ4v) is 3.03. The predicted octanol–water partition coefficient (Wildman–Crippen LogP) is 3.83. The number of carboxylic acid groups (broad SMARTS) is 1. The quantitative estimate of drug-likeness (QED) is 0.906. The lowest BCUT2D eigenvalue weighted by atomic mass is 10.1. The number of rotatable bonds is 3. The van der Waals surface area contributed by atoms with Crippen LogP contribution >= 0.6 is 34.5 Å². The molecule has 1 unspecified atom stereocenters. The van der Waals surface area contributed by atoms with Crippen LogP contribution in [0.3, 0.4) is 0 Å². The minimum atomic E-state index is -1.07. The van der Waals surface area contributed by atoms with Crippen LogP contribution in [0.5, 0.6) is 0 Å². The second-order valence-corrected chi connectivity index (χ2v) is 5.43. The van der Waals surface area contributed by atoms with E-state index in [2.05, 4.69) is 0 Å². The molecule has 0 amide bonds. The third kappa shape index (κ3) is 2.67. The van der Waals surface area contributed by atoms with E-state index in [9.17, 15) is 9.90 Å². The Morgan fingerprint density at radius 2 is 1.83 bits per heavy atom. The molecule has 0 fully saturated rings. The lowest BCUT2D eigenvalue weighted by Gasteiger charge is -2.11. The maximum atomic E-state index is 11.0. The predicted molar refractivity (Wildman–Crippen MR) is 71.8 cm³/mol. The number of carbonyl (C=O) groups is 1. The number of carboxylic acids is 1. The third-order valence-corrected chi connectivity index (χ3v) is 3.78. The van der Waals surface area contributed by atoms with Crippen LogP contribution in [0.4, 0.5) is 0 Å². The van der Waals surface area contributed by atoms with Crippen molar-refractivity contribution < 1.29 is 15.0 Å². The highest BCUT2D eigenvalue weighted by atomic mass is 35.5. The highest BCUT2D eigenvalue weighted by Crippen LogP contribution is 2.32. The molecule has 1 heterocycles. The molecule has 2 N–H and O–H groups in total. The van der Waals surface area contributed by atoms with E-state index in [4.69, 9.17) is 28.3 Å². The molecule has 2 rings (SSSR count). The summed E-state index contributed by atoms with van der Waals surface area (Å²) in [5.41, 5.74) is 0.557. The number of halogens is 2. The fraction of sp³-hybridized carbons (Fsp3) is 0.0833. The van der Waals surface area contributed by atoms with Crippen molar-refractivity contribution in [3.63, 3.8) is 0 Å². The molecule has 2 aromatic rings. The molecule has 0 bridgehead atoms. The molecule has 0 saturated heterocycles. The summed E-state index contributed by atoms with van der Waals surface area (Å²) in [6, 6.07) is 6.12. The summed E-state index contributed by atoms with van der Waals surface area (Å²) in [4.78, 5) is 11.4. The number of aliphatic hydroxyl groups is 1. The van der Waals surface area contributed by atoms with Gasteiger partial charge in [-0.1, -0.05) is 23.2 Å². The molecule has 6 heteroatoms. The summed E-state index contributed by atoms with van der Waals surface area (Å²) in [5, 5.41) is 21.6. The van der Waals surface area contributed by atoms with Gasteiger partial charge < -0.3 is 10.2 Å². The van der Waals surface area contributed by atoms with Crippen molar-refractivity contribution in [2.75, 3.05) is 0 Å². The number of aliphatic hydroxyl groups excluding tert-OH is 1. The molecule has 94 valence electrons. The summed E-state index contributed by atoms with van der Waals surface area (Å²) in [5.74, 6) is -1.07. The Kier molecular flexibility index (Phi) is 3.92. The fourth-order valence-electron chi connectivity index (χ4n) is 1.59. The van der Waals surface area contributed by atoms with Gasteiger partial charge in [0.05, 0.1) is 10.4 Å². The summed E-state index contributed by atoms with van der Waals surface area (Å²) < 4.78 is 0. The lowest BCUT2D eigenvalue weighted by Crippen LogP contribution is -2.04. The van der Waals surface area contributed by atoms with E-state index >= 15 is 0 Å². The van der Waals surface area contributed by atoms with Gasteiger partial charge in [0.1, 0.15) is 6.10 Å². The van der Waals surface area contributed by atoms with Gasteiger partial charge >= 0.3 is 5.97 Å². The molecule has 0 aliphatic heterocycles. The van der Waals surface area contributed by atoms with Gasteiger partial charge in [-0.25, -0.2) is 4.79 Å². The van der Waals surface area contributed by atoms with Crippen molar-refractivity contribution in [3.8, 4) is 0 Å². The van der Waals surface area contributed by atoms with Crippen molar-refractivity contribution in [2.24, 2.45) is 0 Å². The first-order chi connectivity index (χ1) is 8.49. The smallest absolute Gasteiger partial charge is 0.336 e. The van der Waals surface area contributed by atoms with Crippen LogP contribution < -0.4 is 0 Å². The van der Waals surface area contributed by atoms with Crippen molar-refractivity contribution in [1.82, 2.24) is 0 Å². The monoisotopic (exact) mass is 302 g/mol. The second-order valence-electron chi connectivity index (χ2n) is 3.61. The van der Waals surface area contributed by atoms with Gasteiger partial charge in [0.2, 0.25) is 0 Å². The number of hydrogen-bond donors (Lipinski definition) is 2. The summed E-state index contributed by atoms with van der Waals surface area (Å²) in [6.07, 6.45) is -1.05. The molecule has 0 aliphatic carbocycles. The Bertz CT molecular complexity index is 575. The van der Waals surface area contributed by atoms with E-state index in [1.54, 1.807) is 23.6 Å². The first kappa shape index (κ1) is 13.4. The van der Waals surface area contributed by atoms with Crippen LogP contribution in [0.2, 0.25) is 10.0 Å². The lowest BCUT2D eigenvalue weighted by molar-refractivity contribution is 0.0692. The largest absolute Gasteiger partial charge is 0.478 e. The molecule has 1 aromatic carbocycles. The van der Waals surface area contributed by atoms with Gasteiger partial charge in [-0.15, -0.1) is 11.3 Å². The Morgan fingerprint density at radius 3 is 2.39 bits per heavy atom. The standard InChI is InChI=1S/C12H8Cl2O3S/c13-7-3-6(4-8(14)5-7)10(15)11-9(12(16)17)1-2-18-11/h1-5,10,15H,(H,16,17). The minimum absolute atomic E-state index is 0.0867. The zero-order valence-electron chi connectivity index (χ0n) is 8.93. The van der Waals surface area contributed by atoms with E-state index < -0.39 is 12.1 Å². The number of aromatic carboxylic acids is 1. The third-order valence-electron chi connectivity index (χ3n) is 2.37. The molecule has 0 aliphatic rings. The van der Waals surface area contributed by atoms with Gasteiger partial charge in [0.25, 0.3) is 0 Å². The zero-order valence-corrected chi connectivity index (χ0v) is 11.3. The summed E-state index contributed by atoms with van der Waals surface area (Å²) in [7, 11) is 0. The van der Waals surface area contributed by atoms with Crippen LogP contribution in [0.1, 0.15) is 26.9 Å². The van der Waals surface area contributed by atoms with E-state index in [1.807, 2.05) is 0 Å². The molecule has 0 radical (unpaired) electrons. The van der Waals surface area contributed by atoms with Gasteiger partial charge in [0, 0.05) is 10.0 Å². The van der Waals surface area contributed by atoms with E-state index in [0.717, 1.165) is 0 Å². The van der Waals surface area contributed by atoms with Crippen LogP contribution in [-0.2, 0) is 0 Å². The van der Waals surface area contributed by atoms with Gasteiger partial charge in [-0.2, -0.15) is 0 Å². The maximum Gasteiger partial charge on any atom is 0.336 e. The van der Waals surface area contributed by atoms with E-state index in [0.29, 0.717) is 20.5 Å². The Balaban J connectivity index is 2.44.